The second-order valence-electron chi connectivity index (χ2n) is 3.17. The van der Waals surface area contributed by atoms with Gasteiger partial charge in [-0.2, -0.15) is 0 Å². The Hall–Kier alpha value is -1.10. The van der Waals surface area contributed by atoms with Gasteiger partial charge in [-0.25, -0.2) is 0 Å². The summed E-state index contributed by atoms with van der Waals surface area (Å²) in [6.07, 6.45) is 0.938. The van der Waals surface area contributed by atoms with Crippen LogP contribution in [0.1, 0.15) is 26.7 Å². The van der Waals surface area contributed by atoms with E-state index in [0.29, 0.717) is 6.54 Å². The fourth-order valence-electron chi connectivity index (χ4n) is 1.04. The van der Waals surface area contributed by atoms with E-state index in [-0.39, 0.29) is 24.9 Å². The molecule has 0 bridgehead atoms. The van der Waals surface area contributed by atoms with Crippen LogP contribution in [0.15, 0.2) is 0 Å². The zero-order valence-corrected chi connectivity index (χ0v) is 8.69. The van der Waals surface area contributed by atoms with Gasteiger partial charge in [0, 0.05) is 19.0 Å². The van der Waals surface area contributed by atoms with Gasteiger partial charge >= 0.3 is 5.97 Å². The predicted molar refractivity (Wildman–Crippen MR) is 52.8 cm³/mol. The molecular formula is C9H18N2O3. The molecule has 1 unspecified atom stereocenters. The van der Waals surface area contributed by atoms with Crippen LogP contribution in [0, 0.1) is 0 Å². The van der Waals surface area contributed by atoms with Crippen LogP contribution in [0.2, 0.25) is 0 Å². The topological polar surface area (TPSA) is 83.6 Å². The third kappa shape index (κ3) is 4.81. The van der Waals surface area contributed by atoms with Crippen LogP contribution in [-0.2, 0) is 9.59 Å². The maximum Gasteiger partial charge on any atom is 0.323 e. The van der Waals surface area contributed by atoms with Crippen LogP contribution in [0.4, 0.5) is 0 Å². The van der Waals surface area contributed by atoms with Crippen molar-refractivity contribution in [1.29, 1.82) is 0 Å². The standard InChI is InChI=1S/C9H18N2O3/c1-3-7(10)5-8(12)11(4-2)6-9(13)14/h7H,3-6,10H2,1-2H3,(H,13,14). The smallest absolute Gasteiger partial charge is 0.323 e. The Kier molecular flexibility index (Phi) is 5.87. The number of hydrogen-bond acceptors (Lipinski definition) is 3. The molecule has 5 heteroatoms. The summed E-state index contributed by atoms with van der Waals surface area (Å²) in [6.45, 7) is 3.80. The third-order valence-electron chi connectivity index (χ3n) is 2.02. The molecule has 0 rings (SSSR count). The number of hydrogen-bond donors (Lipinski definition) is 2. The molecule has 1 amide bonds. The number of carboxylic acids is 1. The largest absolute Gasteiger partial charge is 0.480 e. The summed E-state index contributed by atoms with van der Waals surface area (Å²) in [7, 11) is 0. The highest BCUT2D eigenvalue weighted by Crippen LogP contribution is 1.99. The van der Waals surface area contributed by atoms with E-state index in [2.05, 4.69) is 0 Å². The van der Waals surface area contributed by atoms with Gasteiger partial charge in [-0.3, -0.25) is 9.59 Å². The SMILES string of the molecule is CCC(N)CC(=O)N(CC)CC(=O)O. The number of rotatable bonds is 6. The van der Waals surface area contributed by atoms with Crippen LogP contribution in [0.25, 0.3) is 0 Å². The predicted octanol–water partition coefficient (Wildman–Crippen LogP) is 0.0469. The molecule has 0 aromatic heterocycles. The molecule has 14 heavy (non-hydrogen) atoms. The minimum atomic E-state index is -0.995. The minimum Gasteiger partial charge on any atom is -0.480 e. The summed E-state index contributed by atoms with van der Waals surface area (Å²) in [5.74, 6) is -1.19. The number of amides is 1. The Morgan fingerprint density at radius 3 is 2.36 bits per heavy atom. The van der Waals surface area contributed by atoms with Crippen molar-refractivity contribution in [3.8, 4) is 0 Å². The fraction of sp³-hybridized carbons (Fsp3) is 0.778. The molecule has 5 nitrogen and oxygen atoms in total. The lowest BCUT2D eigenvalue weighted by atomic mass is 10.1. The molecular weight excluding hydrogens is 184 g/mol. The molecule has 0 aromatic carbocycles. The fourth-order valence-corrected chi connectivity index (χ4v) is 1.04. The lowest BCUT2D eigenvalue weighted by molar-refractivity contribution is -0.144. The van der Waals surface area contributed by atoms with E-state index in [4.69, 9.17) is 10.8 Å². The van der Waals surface area contributed by atoms with Gasteiger partial charge in [0.25, 0.3) is 0 Å². The Balaban J connectivity index is 4.10. The van der Waals surface area contributed by atoms with E-state index in [1.54, 1.807) is 6.92 Å². The van der Waals surface area contributed by atoms with Gasteiger partial charge in [0.15, 0.2) is 0 Å². The maximum atomic E-state index is 11.5. The number of aliphatic carboxylic acids is 1. The van der Waals surface area contributed by atoms with Gasteiger partial charge in [-0.15, -0.1) is 0 Å². The van der Waals surface area contributed by atoms with Crippen molar-refractivity contribution in [2.24, 2.45) is 5.73 Å². The van der Waals surface area contributed by atoms with Crippen molar-refractivity contribution in [1.82, 2.24) is 4.90 Å². The molecule has 0 aliphatic carbocycles. The second-order valence-corrected chi connectivity index (χ2v) is 3.17. The van der Waals surface area contributed by atoms with Crippen molar-refractivity contribution in [2.45, 2.75) is 32.7 Å². The van der Waals surface area contributed by atoms with E-state index in [9.17, 15) is 9.59 Å². The average Bonchev–Trinajstić information content (AvgIpc) is 2.13. The molecule has 0 saturated carbocycles. The molecule has 0 fully saturated rings. The van der Waals surface area contributed by atoms with Crippen molar-refractivity contribution < 1.29 is 14.7 Å². The molecule has 0 heterocycles. The van der Waals surface area contributed by atoms with E-state index >= 15 is 0 Å². The van der Waals surface area contributed by atoms with Crippen LogP contribution >= 0.6 is 0 Å². The molecule has 0 radical (unpaired) electrons. The van der Waals surface area contributed by atoms with Gasteiger partial charge in [0.1, 0.15) is 6.54 Å². The summed E-state index contributed by atoms with van der Waals surface area (Å²) in [5.41, 5.74) is 5.60. The first kappa shape index (κ1) is 12.9. The molecule has 0 aliphatic heterocycles. The number of nitrogens with two attached hydrogens (primary N) is 1. The number of carboxylic acid groups (broad SMARTS) is 1. The van der Waals surface area contributed by atoms with Crippen LogP contribution < -0.4 is 5.73 Å². The minimum absolute atomic E-state index is 0.176. The Morgan fingerprint density at radius 1 is 1.43 bits per heavy atom. The summed E-state index contributed by atoms with van der Waals surface area (Å²) in [6, 6.07) is -0.176. The summed E-state index contributed by atoms with van der Waals surface area (Å²) in [4.78, 5) is 23.2. The van der Waals surface area contributed by atoms with Gasteiger partial charge in [-0.1, -0.05) is 6.92 Å². The zero-order valence-electron chi connectivity index (χ0n) is 8.69. The first-order valence-electron chi connectivity index (χ1n) is 4.76. The normalized spacial score (nSPS) is 12.2. The molecule has 0 spiro atoms. The number of likely N-dealkylation sites (N-methyl/N-ethyl adjacent to an activating group) is 1. The quantitative estimate of drug-likeness (QED) is 0.637. The van der Waals surface area contributed by atoms with Crippen LogP contribution in [0.3, 0.4) is 0 Å². The Labute approximate surface area is 83.9 Å². The number of carbonyl (C=O) groups excluding carboxylic acids is 1. The van der Waals surface area contributed by atoms with E-state index in [0.717, 1.165) is 6.42 Å². The number of nitrogens with zero attached hydrogens (tertiary/aromatic N) is 1. The second kappa shape index (κ2) is 6.37. The van der Waals surface area contributed by atoms with Crippen molar-refractivity contribution >= 4 is 11.9 Å². The molecule has 0 saturated heterocycles. The third-order valence-corrected chi connectivity index (χ3v) is 2.02. The molecule has 1 atom stereocenters. The first-order valence-corrected chi connectivity index (χ1v) is 4.76. The summed E-state index contributed by atoms with van der Waals surface area (Å²) in [5, 5.41) is 8.53. The van der Waals surface area contributed by atoms with Crippen molar-refractivity contribution in [3.63, 3.8) is 0 Å². The molecule has 82 valence electrons. The van der Waals surface area contributed by atoms with Crippen molar-refractivity contribution in [3.05, 3.63) is 0 Å². The summed E-state index contributed by atoms with van der Waals surface area (Å²) < 4.78 is 0. The van der Waals surface area contributed by atoms with E-state index < -0.39 is 5.97 Å². The van der Waals surface area contributed by atoms with Crippen molar-refractivity contribution in [2.75, 3.05) is 13.1 Å². The maximum absolute atomic E-state index is 11.5. The average molecular weight is 202 g/mol. The van der Waals surface area contributed by atoms with Gasteiger partial charge in [0.2, 0.25) is 5.91 Å². The Bertz CT molecular complexity index is 206. The summed E-state index contributed by atoms with van der Waals surface area (Å²) >= 11 is 0. The Morgan fingerprint density at radius 2 is 2.00 bits per heavy atom. The van der Waals surface area contributed by atoms with Crippen LogP contribution in [-0.4, -0.2) is 41.0 Å². The molecule has 0 aliphatic rings. The lowest BCUT2D eigenvalue weighted by Gasteiger charge is -2.20. The molecule has 0 aromatic rings. The van der Waals surface area contributed by atoms with E-state index in [1.807, 2.05) is 6.92 Å². The lowest BCUT2D eigenvalue weighted by Crippen LogP contribution is -2.38. The van der Waals surface area contributed by atoms with Crippen LogP contribution in [0.5, 0.6) is 0 Å². The highest BCUT2D eigenvalue weighted by Gasteiger charge is 2.16. The van der Waals surface area contributed by atoms with Gasteiger partial charge in [-0.05, 0) is 13.3 Å². The highest BCUT2D eigenvalue weighted by molar-refractivity contribution is 5.81. The monoisotopic (exact) mass is 202 g/mol. The number of carbonyl (C=O) groups is 2. The first-order chi connectivity index (χ1) is 6.51. The van der Waals surface area contributed by atoms with Gasteiger partial charge in [0.05, 0.1) is 0 Å². The highest BCUT2D eigenvalue weighted by atomic mass is 16.4. The zero-order chi connectivity index (χ0) is 11.1. The van der Waals surface area contributed by atoms with E-state index in [1.165, 1.54) is 4.90 Å². The molecule has 3 N–H and O–H groups in total. The van der Waals surface area contributed by atoms with Gasteiger partial charge < -0.3 is 15.7 Å².